The highest BCUT2D eigenvalue weighted by Crippen LogP contribution is 2.19. The molecule has 1 aromatic heterocycles. The van der Waals surface area contributed by atoms with E-state index >= 15 is 0 Å². The maximum absolute atomic E-state index is 4.06. The van der Waals surface area contributed by atoms with E-state index in [2.05, 4.69) is 22.1 Å². The van der Waals surface area contributed by atoms with E-state index in [-0.39, 0.29) is 0 Å². The first-order chi connectivity index (χ1) is 7.27. The van der Waals surface area contributed by atoms with Crippen LogP contribution in [-0.2, 0) is 0 Å². The maximum atomic E-state index is 4.06. The van der Waals surface area contributed by atoms with Crippen molar-refractivity contribution in [2.45, 2.75) is 6.92 Å². The van der Waals surface area contributed by atoms with Gasteiger partial charge in [0.1, 0.15) is 0 Å². The van der Waals surface area contributed by atoms with E-state index in [0.29, 0.717) is 0 Å². The van der Waals surface area contributed by atoms with Crippen molar-refractivity contribution in [3.63, 3.8) is 0 Å². The summed E-state index contributed by atoms with van der Waals surface area (Å²) < 4.78 is 0. The summed E-state index contributed by atoms with van der Waals surface area (Å²) in [7, 11) is 0. The monoisotopic (exact) mass is 199 g/mol. The molecular formula is C12H13N3. The number of fused-ring (bicyclic) bond motifs is 1. The van der Waals surface area contributed by atoms with Gasteiger partial charge in [0.05, 0.1) is 17.4 Å². The molecule has 76 valence electrons. The van der Waals surface area contributed by atoms with Crippen LogP contribution in [0.25, 0.3) is 10.9 Å². The summed E-state index contributed by atoms with van der Waals surface area (Å²) in [4.78, 5) is 0. The van der Waals surface area contributed by atoms with Crippen molar-refractivity contribution < 1.29 is 0 Å². The second kappa shape index (κ2) is 4.09. The third-order valence-electron chi connectivity index (χ3n) is 2.13. The highest BCUT2D eigenvalue weighted by molar-refractivity contribution is 5.90. The van der Waals surface area contributed by atoms with Gasteiger partial charge in [-0.15, -0.1) is 0 Å². The maximum Gasteiger partial charge on any atom is 0.0950 e. The highest BCUT2D eigenvalue weighted by Gasteiger charge is 2.00. The van der Waals surface area contributed by atoms with Gasteiger partial charge in [0.15, 0.2) is 0 Å². The molecule has 0 bridgehead atoms. The third-order valence-corrected chi connectivity index (χ3v) is 2.13. The average molecular weight is 199 g/mol. The van der Waals surface area contributed by atoms with Crippen LogP contribution in [0.5, 0.6) is 0 Å². The molecule has 0 aliphatic carbocycles. The van der Waals surface area contributed by atoms with Crippen LogP contribution in [0.1, 0.15) is 6.92 Å². The molecule has 0 fully saturated rings. The van der Waals surface area contributed by atoms with Gasteiger partial charge in [-0.05, 0) is 13.0 Å². The summed E-state index contributed by atoms with van der Waals surface area (Å²) in [5, 5.41) is 12.4. The van der Waals surface area contributed by atoms with Gasteiger partial charge in [-0.2, -0.15) is 10.2 Å². The average Bonchev–Trinajstić information content (AvgIpc) is 2.26. The van der Waals surface area contributed by atoms with E-state index in [4.69, 9.17) is 0 Å². The van der Waals surface area contributed by atoms with Crippen molar-refractivity contribution in [1.29, 1.82) is 0 Å². The summed E-state index contributed by atoms with van der Waals surface area (Å²) in [6.45, 7) is 6.60. The largest absolute Gasteiger partial charge is 0.379 e. The summed E-state index contributed by atoms with van der Waals surface area (Å²) in [5.41, 5.74) is 3.00. The highest BCUT2D eigenvalue weighted by atomic mass is 15.1. The zero-order chi connectivity index (χ0) is 10.7. The van der Waals surface area contributed by atoms with Crippen molar-refractivity contribution in [3.8, 4) is 0 Å². The molecule has 0 atom stereocenters. The van der Waals surface area contributed by atoms with Crippen molar-refractivity contribution in [2.24, 2.45) is 0 Å². The normalized spacial score (nSPS) is 10.2. The van der Waals surface area contributed by atoms with E-state index in [1.54, 1.807) is 6.20 Å². The lowest BCUT2D eigenvalue weighted by molar-refractivity contribution is 1.07. The van der Waals surface area contributed by atoms with E-state index < -0.39 is 0 Å². The number of aromatic nitrogens is 2. The first kappa shape index (κ1) is 9.65. The van der Waals surface area contributed by atoms with E-state index in [1.807, 2.05) is 31.2 Å². The molecule has 0 aliphatic heterocycles. The number of hydrogen-bond acceptors (Lipinski definition) is 3. The van der Waals surface area contributed by atoms with Crippen LogP contribution >= 0.6 is 0 Å². The molecular weight excluding hydrogens is 186 g/mol. The number of rotatable bonds is 3. The first-order valence-corrected chi connectivity index (χ1v) is 4.86. The Bertz CT molecular complexity index is 486. The van der Waals surface area contributed by atoms with Gasteiger partial charge in [0.2, 0.25) is 0 Å². The third kappa shape index (κ3) is 2.13. The standard InChI is InChI=1S/C12H13N3/c1-9(2)7-13-12-8-14-15-11-6-4-3-5-10(11)12/h3-6,8H,1,7H2,2H3,(H,13,15). The SMILES string of the molecule is C=C(C)CNc1cnnc2ccccc12. The zero-order valence-corrected chi connectivity index (χ0v) is 8.70. The molecule has 3 heteroatoms. The Labute approximate surface area is 88.8 Å². The lowest BCUT2D eigenvalue weighted by atomic mass is 10.2. The minimum atomic E-state index is 0.760. The molecule has 1 N–H and O–H groups in total. The Balaban J connectivity index is 2.38. The van der Waals surface area contributed by atoms with Gasteiger partial charge >= 0.3 is 0 Å². The smallest absolute Gasteiger partial charge is 0.0950 e. The van der Waals surface area contributed by atoms with Crippen molar-refractivity contribution >= 4 is 16.6 Å². The van der Waals surface area contributed by atoms with Gasteiger partial charge in [-0.3, -0.25) is 0 Å². The zero-order valence-electron chi connectivity index (χ0n) is 8.70. The molecule has 0 spiro atoms. The van der Waals surface area contributed by atoms with Gasteiger partial charge in [0.25, 0.3) is 0 Å². The Kier molecular flexibility index (Phi) is 2.63. The fraction of sp³-hybridized carbons (Fsp3) is 0.167. The van der Waals surface area contributed by atoms with Crippen LogP contribution in [0.4, 0.5) is 5.69 Å². The molecule has 1 aromatic carbocycles. The van der Waals surface area contributed by atoms with Crippen molar-refractivity contribution in [2.75, 3.05) is 11.9 Å². The van der Waals surface area contributed by atoms with Gasteiger partial charge in [-0.25, -0.2) is 0 Å². The molecule has 1 heterocycles. The van der Waals surface area contributed by atoms with Crippen LogP contribution in [0, 0.1) is 0 Å². The quantitative estimate of drug-likeness (QED) is 0.772. The number of nitrogens with zero attached hydrogens (tertiary/aromatic N) is 2. The van der Waals surface area contributed by atoms with Crippen LogP contribution in [0.15, 0.2) is 42.6 Å². The molecule has 0 radical (unpaired) electrons. The van der Waals surface area contributed by atoms with Crippen LogP contribution < -0.4 is 5.32 Å². The lowest BCUT2D eigenvalue weighted by Crippen LogP contribution is -2.03. The second-order valence-electron chi connectivity index (χ2n) is 3.59. The molecule has 0 amide bonds. The minimum Gasteiger partial charge on any atom is -0.379 e. The number of nitrogens with one attached hydrogen (secondary N) is 1. The molecule has 2 rings (SSSR count). The summed E-state index contributed by atoms with van der Waals surface area (Å²) in [6, 6.07) is 7.94. The van der Waals surface area contributed by atoms with Gasteiger partial charge in [0, 0.05) is 11.9 Å². The van der Waals surface area contributed by atoms with Crippen LogP contribution in [0.3, 0.4) is 0 Å². The lowest BCUT2D eigenvalue weighted by Gasteiger charge is -2.07. The van der Waals surface area contributed by atoms with Crippen molar-refractivity contribution in [3.05, 3.63) is 42.6 Å². The minimum absolute atomic E-state index is 0.760. The summed E-state index contributed by atoms with van der Waals surface area (Å²) in [6.07, 6.45) is 1.74. The molecule has 0 aliphatic rings. The summed E-state index contributed by atoms with van der Waals surface area (Å²) in [5.74, 6) is 0. The number of anilines is 1. The Morgan fingerprint density at radius 1 is 1.40 bits per heavy atom. The van der Waals surface area contributed by atoms with Crippen molar-refractivity contribution in [1.82, 2.24) is 10.2 Å². The molecule has 0 saturated carbocycles. The molecule has 0 unspecified atom stereocenters. The molecule has 2 aromatic rings. The van der Waals surface area contributed by atoms with Gasteiger partial charge < -0.3 is 5.32 Å². The van der Waals surface area contributed by atoms with E-state index in [0.717, 1.165) is 28.7 Å². The second-order valence-corrected chi connectivity index (χ2v) is 3.59. The summed E-state index contributed by atoms with van der Waals surface area (Å²) >= 11 is 0. The van der Waals surface area contributed by atoms with Gasteiger partial charge in [-0.1, -0.05) is 30.4 Å². The predicted octanol–water partition coefficient (Wildman–Crippen LogP) is 2.62. The Morgan fingerprint density at radius 3 is 3.00 bits per heavy atom. The first-order valence-electron chi connectivity index (χ1n) is 4.86. The number of benzene rings is 1. The molecule has 15 heavy (non-hydrogen) atoms. The molecule has 0 saturated heterocycles. The predicted molar refractivity (Wildman–Crippen MR) is 62.8 cm³/mol. The fourth-order valence-corrected chi connectivity index (χ4v) is 1.39. The van der Waals surface area contributed by atoms with E-state index in [1.165, 1.54) is 0 Å². The van der Waals surface area contributed by atoms with Crippen LogP contribution in [-0.4, -0.2) is 16.7 Å². The number of hydrogen-bond donors (Lipinski definition) is 1. The Morgan fingerprint density at radius 2 is 2.20 bits per heavy atom. The molecule has 3 nitrogen and oxygen atoms in total. The topological polar surface area (TPSA) is 37.8 Å². The van der Waals surface area contributed by atoms with Crippen LogP contribution in [0.2, 0.25) is 0 Å². The fourth-order valence-electron chi connectivity index (χ4n) is 1.39. The Hall–Kier alpha value is -1.90. The van der Waals surface area contributed by atoms with E-state index in [9.17, 15) is 0 Å².